The highest BCUT2D eigenvalue weighted by atomic mass is 16.2. The Kier molecular flexibility index (Phi) is 4.69. The average molecular weight is 402 g/mol. The van der Waals surface area contributed by atoms with E-state index in [1.165, 1.54) is 22.2 Å². The summed E-state index contributed by atoms with van der Waals surface area (Å²) in [6, 6.07) is 16.2. The van der Waals surface area contributed by atoms with E-state index in [0.29, 0.717) is 11.1 Å². The van der Waals surface area contributed by atoms with Gasteiger partial charge in [0.05, 0.1) is 17.5 Å². The summed E-state index contributed by atoms with van der Waals surface area (Å²) in [7, 11) is 1.65. The standard InChI is InChI=1S/C25H27N3O2/c1-27-24(30)20-11-4-3-10-19(20)22(26-27)16-23(29)28-15-7-14-25(17-28)13-6-9-18-8-2-5-12-21(18)25/h2-5,8,10-12H,6-7,9,13-17H2,1H3. The number of nitrogens with zero attached hydrogens (tertiary/aromatic N) is 3. The van der Waals surface area contributed by atoms with E-state index in [-0.39, 0.29) is 23.3 Å². The summed E-state index contributed by atoms with van der Waals surface area (Å²) in [5, 5.41) is 5.83. The Hall–Kier alpha value is -2.95. The van der Waals surface area contributed by atoms with Crippen molar-refractivity contribution in [3.63, 3.8) is 0 Å². The van der Waals surface area contributed by atoms with Gasteiger partial charge in [-0.2, -0.15) is 5.10 Å². The summed E-state index contributed by atoms with van der Waals surface area (Å²) >= 11 is 0. The number of benzene rings is 2. The van der Waals surface area contributed by atoms with Crippen LogP contribution in [-0.4, -0.2) is 33.7 Å². The van der Waals surface area contributed by atoms with E-state index >= 15 is 0 Å². The molecule has 1 aliphatic carbocycles. The lowest BCUT2D eigenvalue weighted by atomic mass is 9.66. The molecule has 1 fully saturated rings. The van der Waals surface area contributed by atoms with Crippen LogP contribution in [0.2, 0.25) is 0 Å². The van der Waals surface area contributed by atoms with Gasteiger partial charge in [0, 0.05) is 30.9 Å². The van der Waals surface area contributed by atoms with Gasteiger partial charge in [-0.3, -0.25) is 9.59 Å². The second kappa shape index (κ2) is 7.38. The molecule has 5 heteroatoms. The van der Waals surface area contributed by atoms with Crippen LogP contribution in [0.25, 0.3) is 10.8 Å². The molecule has 1 atom stereocenters. The molecule has 0 N–H and O–H groups in total. The van der Waals surface area contributed by atoms with Gasteiger partial charge in [-0.05, 0) is 49.3 Å². The summed E-state index contributed by atoms with van der Waals surface area (Å²) in [5.41, 5.74) is 3.53. The van der Waals surface area contributed by atoms with Gasteiger partial charge in [-0.15, -0.1) is 0 Å². The molecule has 1 amide bonds. The van der Waals surface area contributed by atoms with E-state index in [4.69, 9.17) is 0 Å². The molecule has 0 radical (unpaired) electrons. The third-order valence-electron chi connectivity index (χ3n) is 6.97. The summed E-state index contributed by atoms with van der Waals surface area (Å²) in [6.45, 7) is 1.58. The van der Waals surface area contributed by atoms with Gasteiger partial charge in [0.25, 0.3) is 5.56 Å². The molecule has 3 aromatic rings. The Morgan fingerprint density at radius 2 is 1.77 bits per heavy atom. The van der Waals surface area contributed by atoms with Crippen LogP contribution >= 0.6 is 0 Å². The number of hydrogen-bond donors (Lipinski definition) is 0. The number of piperidine rings is 1. The van der Waals surface area contributed by atoms with Crippen molar-refractivity contribution in [1.29, 1.82) is 0 Å². The van der Waals surface area contributed by atoms with Gasteiger partial charge in [0.2, 0.25) is 5.91 Å². The van der Waals surface area contributed by atoms with Crippen molar-refractivity contribution < 1.29 is 4.79 Å². The molecular formula is C25H27N3O2. The minimum absolute atomic E-state index is 0.0851. The first-order valence-electron chi connectivity index (χ1n) is 10.9. The zero-order valence-electron chi connectivity index (χ0n) is 17.4. The summed E-state index contributed by atoms with van der Waals surface area (Å²) in [6.07, 6.45) is 5.88. The number of amides is 1. The Balaban J connectivity index is 1.44. The van der Waals surface area contributed by atoms with E-state index in [9.17, 15) is 9.59 Å². The highest BCUT2D eigenvalue weighted by molar-refractivity contribution is 5.88. The van der Waals surface area contributed by atoms with Gasteiger partial charge in [-0.1, -0.05) is 42.5 Å². The lowest BCUT2D eigenvalue weighted by Gasteiger charge is -2.46. The van der Waals surface area contributed by atoms with Crippen molar-refractivity contribution in [3.05, 3.63) is 75.7 Å². The van der Waals surface area contributed by atoms with Gasteiger partial charge >= 0.3 is 0 Å². The van der Waals surface area contributed by atoms with Crippen molar-refractivity contribution in [2.45, 2.75) is 43.9 Å². The van der Waals surface area contributed by atoms with Crippen LogP contribution in [-0.2, 0) is 30.1 Å². The minimum atomic E-state index is -0.127. The molecule has 154 valence electrons. The molecule has 1 aromatic heterocycles. The zero-order valence-corrected chi connectivity index (χ0v) is 17.4. The van der Waals surface area contributed by atoms with Gasteiger partial charge in [0.15, 0.2) is 0 Å². The van der Waals surface area contributed by atoms with Crippen LogP contribution in [0.15, 0.2) is 53.3 Å². The van der Waals surface area contributed by atoms with E-state index in [1.807, 2.05) is 29.2 Å². The van der Waals surface area contributed by atoms with Crippen LogP contribution in [0, 0.1) is 0 Å². The van der Waals surface area contributed by atoms with Gasteiger partial charge < -0.3 is 4.90 Å². The fourth-order valence-electron chi connectivity index (χ4n) is 5.54. The number of aryl methyl sites for hydroxylation is 2. The SMILES string of the molecule is Cn1nc(CC(=O)N2CCCC3(CCCc4ccccc43)C2)c2ccccc2c1=O. The fourth-order valence-corrected chi connectivity index (χ4v) is 5.54. The molecule has 0 bridgehead atoms. The summed E-state index contributed by atoms with van der Waals surface area (Å²) in [5.74, 6) is 0.105. The molecule has 1 unspecified atom stereocenters. The maximum Gasteiger partial charge on any atom is 0.274 e. The molecule has 1 spiro atoms. The predicted molar refractivity (Wildman–Crippen MR) is 118 cm³/mol. The predicted octanol–water partition coefficient (Wildman–Crippen LogP) is 3.37. The maximum atomic E-state index is 13.3. The topological polar surface area (TPSA) is 55.2 Å². The first kappa shape index (κ1) is 19.0. The third kappa shape index (κ3) is 3.13. The first-order chi connectivity index (χ1) is 14.6. The van der Waals surface area contributed by atoms with Gasteiger partial charge in [-0.25, -0.2) is 4.68 Å². The quantitative estimate of drug-likeness (QED) is 0.662. The molecule has 2 aromatic carbocycles. The van der Waals surface area contributed by atoms with Crippen LogP contribution in [0.4, 0.5) is 0 Å². The number of carbonyl (C=O) groups is 1. The van der Waals surface area contributed by atoms with Crippen LogP contribution in [0.3, 0.4) is 0 Å². The monoisotopic (exact) mass is 401 g/mol. The highest BCUT2D eigenvalue weighted by Crippen LogP contribution is 2.43. The number of carbonyl (C=O) groups excluding carboxylic acids is 1. The maximum absolute atomic E-state index is 13.3. The van der Waals surface area contributed by atoms with Crippen molar-refractivity contribution in [1.82, 2.24) is 14.7 Å². The fraction of sp³-hybridized carbons (Fsp3) is 0.400. The highest BCUT2D eigenvalue weighted by Gasteiger charge is 2.41. The van der Waals surface area contributed by atoms with Crippen LogP contribution in [0.5, 0.6) is 0 Å². The Morgan fingerprint density at radius 3 is 2.63 bits per heavy atom. The molecule has 2 heterocycles. The Morgan fingerprint density at radius 1 is 1.03 bits per heavy atom. The van der Waals surface area contributed by atoms with Crippen molar-refractivity contribution in [2.75, 3.05) is 13.1 Å². The average Bonchev–Trinajstić information content (AvgIpc) is 2.78. The summed E-state index contributed by atoms with van der Waals surface area (Å²) < 4.78 is 1.35. The Bertz CT molecular complexity index is 1180. The minimum Gasteiger partial charge on any atom is -0.341 e. The second-order valence-corrected chi connectivity index (χ2v) is 8.81. The number of fused-ring (bicyclic) bond motifs is 3. The second-order valence-electron chi connectivity index (χ2n) is 8.81. The lowest BCUT2D eigenvalue weighted by molar-refractivity contribution is -0.133. The zero-order chi connectivity index (χ0) is 20.7. The number of hydrogen-bond acceptors (Lipinski definition) is 3. The molecule has 30 heavy (non-hydrogen) atoms. The molecule has 1 aliphatic heterocycles. The first-order valence-corrected chi connectivity index (χ1v) is 10.9. The van der Waals surface area contributed by atoms with Gasteiger partial charge in [0.1, 0.15) is 0 Å². The number of rotatable bonds is 2. The molecule has 2 aliphatic rings. The van der Waals surface area contributed by atoms with Crippen LogP contribution < -0.4 is 5.56 Å². The van der Waals surface area contributed by atoms with Crippen LogP contribution in [0.1, 0.15) is 42.5 Å². The number of likely N-dealkylation sites (tertiary alicyclic amines) is 1. The summed E-state index contributed by atoms with van der Waals surface area (Å²) in [4.78, 5) is 27.8. The molecule has 0 saturated carbocycles. The van der Waals surface area contributed by atoms with Crippen molar-refractivity contribution >= 4 is 16.7 Å². The molecule has 1 saturated heterocycles. The van der Waals surface area contributed by atoms with E-state index in [1.54, 1.807) is 7.05 Å². The van der Waals surface area contributed by atoms with Crippen molar-refractivity contribution in [3.8, 4) is 0 Å². The normalized spacial score (nSPS) is 21.0. The largest absolute Gasteiger partial charge is 0.341 e. The lowest BCUT2D eigenvalue weighted by Crippen LogP contribution is -2.50. The van der Waals surface area contributed by atoms with E-state index in [2.05, 4.69) is 29.4 Å². The molecular weight excluding hydrogens is 374 g/mol. The van der Waals surface area contributed by atoms with E-state index in [0.717, 1.165) is 44.2 Å². The number of aromatic nitrogens is 2. The molecule has 5 nitrogen and oxygen atoms in total. The Labute approximate surface area is 176 Å². The van der Waals surface area contributed by atoms with E-state index < -0.39 is 0 Å². The third-order valence-corrected chi connectivity index (χ3v) is 6.97. The molecule has 5 rings (SSSR count). The smallest absolute Gasteiger partial charge is 0.274 e. The van der Waals surface area contributed by atoms with Crippen molar-refractivity contribution in [2.24, 2.45) is 7.05 Å².